The van der Waals surface area contributed by atoms with Crippen LogP contribution < -0.4 is 10.6 Å². The van der Waals surface area contributed by atoms with E-state index in [0.717, 1.165) is 26.2 Å². The van der Waals surface area contributed by atoms with E-state index in [4.69, 9.17) is 0 Å². The predicted octanol–water partition coefficient (Wildman–Crippen LogP) is -0.489. The van der Waals surface area contributed by atoms with Crippen molar-refractivity contribution >= 4 is 11.8 Å². The summed E-state index contributed by atoms with van der Waals surface area (Å²) in [5.41, 5.74) is 0. The van der Waals surface area contributed by atoms with E-state index in [1.165, 1.54) is 0 Å². The fraction of sp³-hybridized carbons (Fsp3) is 0.857. The monoisotopic (exact) mass is 284 g/mol. The molecule has 116 valence electrons. The lowest BCUT2D eigenvalue weighted by Crippen LogP contribution is -2.50. The maximum absolute atomic E-state index is 12.0. The third kappa shape index (κ3) is 5.88. The highest BCUT2D eigenvalue weighted by atomic mass is 16.2. The minimum atomic E-state index is -0.0261. The summed E-state index contributed by atoms with van der Waals surface area (Å²) in [4.78, 5) is 27.5. The van der Waals surface area contributed by atoms with Gasteiger partial charge in [0.25, 0.3) is 0 Å². The molecule has 20 heavy (non-hydrogen) atoms. The molecule has 0 bridgehead atoms. The zero-order valence-electron chi connectivity index (χ0n) is 13.1. The SMILES string of the molecule is CC(C)C(C)NC(=O)CN(C)CC(=O)N1CCNCC1. The van der Waals surface area contributed by atoms with E-state index in [9.17, 15) is 9.59 Å². The number of hydrogen-bond acceptors (Lipinski definition) is 4. The molecule has 0 aromatic rings. The van der Waals surface area contributed by atoms with Crippen LogP contribution >= 0.6 is 0 Å². The first-order valence-corrected chi connectivity index (χ1v) is 7.36. The molecule has 1 rings (SSSR count). The van der Waals surface area contributed by atoms with E-state index >= 15 is 0 Å². The highest BCUT2D eigenvalue weighted by Gasteiger charge is 2.19. The summed E-state index contributed by atoms with van der Waals surface area (Å²) in [7, 11) is 1.81. The van der Waals surface area contributed by atoms with Crippen molar-refractivity contribution in [2.45, 2.75) is 26.8 Å². The standard InChI is InChI=1S/C14H28N4O2/c1-11(2)12(3)16-13(19)9-17(4)10-14(20)18-7-5-15-6-8-18/h11-12,15H,5-10H2,1-4H3,(H,16,19). The van der Waals surface area contributed by atoms with Crippen LogP contribution in [0, 0.1) is 5.92 Å². The molecule has 0 aliphatic carbocycles. The second kappa shape index (κ2) is 8.21. The van der Waals surface area contributed by atoms with Gasteiger partial charge in [0, 0.05) is 32.2 Å². The normalized spacial score (nSPS) is 17.4. The zero-order valence-corrected chi connectivity index (χ0v) is 13.1. The maximum Gasteiger partial charge on any atom is 0.236 e. The van der Waals surface area contributed by atoms with Crippen molar-refractivity contribution in [1.82, 2.24) is 20.4 Å². The lowest BCUT2D eigenvalue weighted by atomic mass is 10.1. The van der Waals surface area contributed by atoms with Crippen molar-refractivity contribution in [1.29, 1.82) is 0 Å². The highest BCUT2D eigenvalue weighted by molar-refractivity contribution is 5.81. The summed E-state index contributed by atoms with van der Waals surface area (Å²) in [6.45, 7) is 9.90. The molecule has 0 radical (unpaired) electrons. The van der Waals surface area contributed by atoms with Crippen molar-refractivity contribution < 1.29 is 9.59 Å². The molecule has 0 aromatic heterocycles. The van der Waals surface area contributed by atoms with E-state index in [1.54, 1.807) is 11.9 Å². The van der Waals surface area contributed by atoms with E-state index in [0.29, 0.717) is 12.5 Å². The summed E-state index contributed by atoms with van der Waals surface area (Å²) in [5.74, 6) is 0.479. The minimum Gasteiger partial charge on any atom is -0.352 e. The topological polar surface area (TPSA) is 64.7 Å². The van der Waals surface area contributed by atoms with Gasteiger partial charge in [0.1, 0.15) is 0 Å². The highest BCUT2D eigenvalue weighted by Crippen LogP contribution is 2.00. The molecule has 2 N–H and O–H groups in total. The number of amides is 2. The van der Waals surface area contributed by atoms with E-state index in [2.05, 4.69) is 24.5 Å². The molecule has 1 aliphatic rings. The quantitative estimate of drug-likeness (QED) is 0.691. The Kier molecular flexibility index (Phi) is 6.95. The maximum atomic E-state index is 12.0. The Labute approximate surface area is 121 Å². The zero-order chi connectivity index (χ0) is 15.1. The van der Waals surface area contributed by atoms with Gasteiger partial charge in [-0.3, -0.25) is 14.5 Å². The van der Waals surface area contributed by atoms with Gasteiger partial charge in [0.15, 0.2) is 0 Å². The van der Waals surface area contributed by atoms with E-state index in [1.807, 2.05) is 11.8 Å². The summed E-state index contributed by atoms with van der Waals surface area (Å²) in [6.07, 6.45) is 0. The Bertz CT molecular complexity index is 327. The Morgan fingerprint density at radius 2 is 1.80 bits per heavy atom. The average molecular weight is 284 g/mol. The average Bonchev–Trinajstić information content (AvgIpc) is 2.39. The number of hydrogen-bond donors (Lipinski definition) is 2. The molecule has 1 heterocycles. The van der Waals surface area contributed by atoms with Gasteiger partial charge in [-0.1, -0.05) is 13.8 Å². The molecule has 0 saturated carbocycles. The van der Waals surface area contributed by atoms with Gasteiger partial charge < -0.3 is 15.5 Å². The third-order valence-corrected chi connectivity index (χ3v) is 3.68. The molecule has 1 saturated heterocycles. The lowest BCUT2D eigenvalue weighted by Gasteiger charge is -2.29. The second-order valence-electron chi connectivity index (χ2n) is 5.90. The number of carbonyl (C=O) groups excluding carboxylic acids is 2. The van der Waals surface area contributed by atoms with Crippen molar-refractivity contribution in [3.63, 3.8) is 0 Å². The number of rotatable bonds is 6. The van der Waals surface area contributed by atoms with E-state index < -0.39 is 0 Å². The first-order chi connectivity index (χ1) is 9.40. The van der Waals surface area contributed by atoms with Crippen LogP contribution in [0.3, 0.4) is 0 Å². The fourth-order valence-corrected chi connectivity index (χ4v) is 2.01. The van der Waals surface area contributed by atoms with Crippen LogP contribution in [-0.2, 0) is 9.59 Å². The fourth-order valence-electron chi connectivity index (χ4n) is 2.01. The van der Waals surface area contributed by atoms with Crippen LogP contribution in [-0.4, -0.2) is 74.0 Å². The van der Waals surface area contributed by atoms with Crippen molar-refractivity contribution in [2.75, 3.05) is 46.3 Å². The molecule has 6 nitrogen and oxygen atoms in total. The number of piperazine rings is 1. The second-order valence-corrected chi connectivity index (χ2v) is 5.90. The minimum absolute atomic E-state index is 0.0261. The van der Waals surface area contributed by atoms with Crippen molar-refractivity contribution in [2.24, 2.45) is 5.92 Å². The van der Waals surface area contributed by atoms with Gasteiger partial charge in [-0.25, -0.2) is 0 Å². The van der Waals surface area contributed by atoms with Gasteiger partial charge in [-0.05, 0) is 19.9 Å². The van der Waals surface area contributed by atoms with Crippen LogP contribution in [0.1, 0.15) is 20.8 Å². The molecule has 1 atom stereocenters. The van der Waals surface area contributed by atoms with Gasteiger partial charge in [0.05, 0.1) is 13.1 Å². The molecule has 1 fully saturated rings. The third-order valence-electron chi connectivity index (χ3n) is 3.68. The molecular formula is C14H28N4O2. The summed E-state index contributed by atoms with van der Waals surface area (Å²) >= 11 is 0. The molecular weight excluding hydrogens is 256 g/mol. The number of carbonyl (C=O) groups is 2. The van der Waals surface area contributed by atoms with Crippen LogP contribution in [0.25, 0.3) is 0 Å². The molecule has 0 aromatic carbocycles. The lowest BCUT2D eigenvalue weighted by molar-refractivity contribution is -0.133. The predicted molar refractivity (Wildman–Crippen MR) is 79.4 cm³/mol. The Balaban J connectivity index is 2.29. The summed E-state index contributed by atoms with van der Waals surface area (Å²) in [5, 5.41) is 6.16. The van der Waals surface area contributed by atoms with E-state index in [-0.39, 0.29) is 24.4 Å². The van der Waals surface area contributed by atoms with Crippen molar-refractivity contribution in [3.05, 3.63) is 0 Å². The van der Waals surface area contributed by atoms with Gasteiger partial charge in [-0.2, -0.15) is 0 Å². The first kappa shape index (κ1) is 16.9. The van der Waals surface area contributed by atoms with Crippen LogP contribution in [0.5, 0.6) is 0 Å². The molecule has 0 spiro atoms. The number of likely N-dealkylation sites (N-methyl/N-ethyl adjacent to an activating group) is 1. The summed E-state index contributed by atoms with van der Waals surface area (Å²) in [6, 6.07) is 0.153. The van der Waals surface area contributed by atoms with Crippen LogP contribution in [0.15, 0.2) is 0 Å². The molecule has 6 heteroatoms. The Morgan fingerprint density at radius 1 is 1.20 bits per heavy atom. The van der Waals surface area contributed by atoms with Gasteiger partial charge >= 0.3 is 0 Å². The number of nitrogens with zero attached hydrogens (tertiary/aromatic N) is 2. The van der Waals surface area contributed by atoms with Gasteiger partial charge in [0.2, 0.25) is 11.8 Å². The Hall–Kier alpha value is -1.14. The van der Waals surface area contributed by atoms with Gasteiger partial charge in [-0.15, -0.1) is 0 Å². The molecule has 1 unspecified atom stereocenters. The largest absolute Gasteiger partial charge is 0.352 e. The van der Waals surface area contributed by atoms with Crippen LogP contribution in [0.2, 0.25) is 0 Å². The van der Waals surface area contributed by atoms with Crippen LogP contribution in [0.4, 0.5) is 0 Å². The molecule has 2 amide bonds. The van der Waals surface area contributed by atoms with Crippen molar-refractivity contribution in [3.8, 4) is 0 Å². The summed E-state index contributed by atoms with van der Waals surface area (Å²) < 4.78 is 0. The molecule has 1 aliphatic heterocycles. The number of nitrogens with one attached hydrogen (secondary N) is 2. The first-order valence-electron chi connectivity index (χ1n) is 7.36. The smallest absolute Gasteiger partial charge is 0.236 e. The Morgan fingerprint density at radius 3 is 2.35 bits per heavy atom.